The number of ketones is 2. The molecule has 3 rings (SSSR count). The molecule has 3 N–H and O–H groups in total. The summed E-state index contributed by atoms with van der Waals surface area (Å²) < 4.78 is 0. The van der Waals surface area contributed by atoms with E-state index in [0.717, 1.165) is 11.3 Å². The summed E-state index contributed by atoms with van der Waals surface area (Å²) in [5.74, 6) is 0.0484. The molecular formula is C23H31N2O2+. The first-order chi connectivity index (χ1) is 12.8. The number of carbonyl (C=O) groups excluding carboxylic acids is 2. The lowest BCUT2D eigenvalue weighted by molar-refractivity contribution is -0.709. The maximum Gasteiger partial charge on any atom is 0.235 e. The van der Waals surface area contributed by atoms with Crippen LogP contribution in [0.4, 0.5) is 0 Å². The molecule has 0 saturated heterocycles. The Bertz CT molecular complexity index is 879. The Balaban J connectivity index is 1.75. The molecule has 144 valence electrons. The van der Waals surface area contributed by atoms with Gasteiger partial charge in [0.15, 0.2) is 5.78 Å². The minimum absolute atomic E-state index is 0.000593. The maximum atomic E-state index is 13.0. The third kappa shape index (κ3) is 3.91. The Morgan fingerprint density at radius 3 is 2.37 bits per heavy atom. The van der Waals surface area contributed by atoms with Crippen molar-refractivity contribution >= 4 is 11.6 Å². The second-order valence-corrected chi connectivity index (χ2v) is 8.05. The van der Waals surface area contributed by atoms with Gasteiger partial charge in [-0.15, -0.1) is 0 Å². The Kier molecular flexibility index (Phi) is 5.66. The van der Waals surface area contributed by atoms with Crippen LogP contribution in [-0.4, -0.2) is 22.6 Å². The standard InChI is InChI=1S/C23H30N2O2/c1-13-21(17(5)26)15(3)25-22(13)23(27)16(4)24-14(2)19-11-10-18-8-6-7-9-20(18)12-19/h10-12,14,16,24-25H,6-9H2,1-5H3/p+1/t14-,16+/m1/s1. The van der Waals surface area contributed by atoms with Crippen molar-refractivity contribution in [2.24, 2.45) is 0 Å². The van der Waals surface area contributed by atoms with Gasteiger partial charge in [0.05, 0.1) is 5.69 Å². The SMILES string of the molecule is CC(=O)c1c(C)[nH]c(C(=O)[C@H](C)[NH2+][C@H](C)c2ccc3c(c2)CCCC3)c1C. The first kappa shape index (κ1) is 19.6. The molecule has 1 aliphatic rings. The summed E-state index contributed by atoms with van der Waals surface area (Å²) >= 11 is 0. The molecule has 0 radical (unpaired) electrons. The van der Waals surface area contributed by atoms with E-state index in [1.54, 1.807) is 6.92 Å². The fourth-order valence-electron chi connectivity index (χ4n) is 4.42. The normalized spacial score (nSPS) is 15.9. The first-order valence-corrected chi connectivity index (χ1v) is 10.0. The molecule has 0 spiro atoms. The van der Waals surface area contributed by atoms with Crippen LogP contribution in [0.25, 0.3) is 0 Å². The summed E-state index contributed by atoms with van der Waals surface area (Å²) in [6.45, 7) is 9.35. The Morgan fingerprint density at radius 1 is 1.07 bits per heavy atom. The topological polar surface area (TPSA) is 66.5 Å². The number of Topliss-reactive ketones (excluding diaryl/α,β-unsaturated/α-hetero) is 2. The lowest BCUT2D eigenvalue weighted by Crippen LogP contribution is -2.91. The van der Waals surface area contributed by atoms with Crippen LogP contribution < -0.4 is 5.32 Å². The van der Waals surface area contributed by atoms with Gasteiger partial charge in [-0.2, -0.15) is 0 Å². The average molecular weight is 368 g/mol. The number of quaternary nitrogens is 1. The summed E-state index contributed by atoms with van der Waals surface area (Å²) in [6.07, 6.45) is 4.91. The number of benzene rings is 1. The molecule has 0 fully saturated rings. The lowest BCUT2D eigenvalue weighted by atomic mass is 9.89. The summed E-state index contributed by atoms with van der Waals surface area (Å²) in [5, 5.41) is 2.12. The quantitative estimate of drug-likeness (QED) is 0.766. The molecule has 27 heavy (non-hydrogen) atoms. The van der Waals surface area contributed by atoms with Crippen molar-refractivity contribution in [3.8, 4) is 0 Å². The molecule has 4 nitrogen and oxygen atoms in total. The van der Waals surface area contributed by atoms with Crippen molar-refractivity contribution in [2.45, 2.75) is 72.4 Å². The molecule has 2 atom stereocenters. The average Bonchev–Trinajstić information content (AvgIpc) is 2.94. The van der Waals surface area contributed by atoms with Gasteiger partial charge in [0.2, 0.25) is 5.78 Å². The third-order valence-electron chi connectivity index (χ3n) is 5.93. The molecule has 0 amide bonds. The van der Waals surface area contributed by atoms with E-state index < -0.39 is 0 Å². The molecule has 0 aliphatic heterocycles. The molecular weight excluding hydrogens is 336 g/mol. The maximum absolute atomic E-state index is 13.0. The second kappa shape index (κ2) is 7.81. The molecule has 0 unspecified atom stereocenters. The Labute approximate surface area is 161 Å². The molecule has 1 aromatic heterocycles. The first-order valence-electron chi connectivity index (χ1n) is 10.0. The van der Waals surface area contributed by atoms with Crippen LogP contribution in [0.1, 0.15) is 88.4 Å². The summed E-state index contributed by atoms with van der Waals surface area (Å²) in [7, 11) is 0. The number of nitrogens with one attached hydrogen (secondary N) is 1. The number of carbonyl (C=O) groups is 2. The highest BCUT2D eigenvalue weighted by molar-refractivity contribution is 6.04. The number of hydrogen-bond acceptors (Lipinski definition) is 2. The largest absolute Gasteiger partial charge is 0.355 e. The van der Waals surface area contributed by atoms with E-state index in [2.05, 4.69) is 35.4 Å². The molecule has 1 heterocycles. The van der Waals surface area contributed by atoms with Crippen LogP contribution in [0.15, 0.2) is 18.2 Å². The van der Waals surface area contributed by atoms with E-state index in [1.165, 1.54) is 42.4 Å². The van der Waals surface area contributed by atoms with Gasteiger partial charge < -0.3 is 10.3 Å². The van der Waals surface area contributed by atoms with E-state index in [9.17, 15) is 9.59 Å². The minimum atomic E-state index is -0.215. The van der Waals surface area contributed by atoms with Crippen molar-refractivity contribution < 1.29 is 14.9 Å². The van der Waals surface area contributed by atoms with Gasteiger partial charge in [0.1, 0.15) is 12.1 Å². The zero-order valence-corrected chi connectivity index (χ0v) is 17.1. The van der Waals surface area contributed by atoms with Gasteiger partial charge in [-0.05, 0) is 83.1 Å². The summed E-state index contributed by atoms with van der Waals surface area (Å²) in [6, 6.07) is 6.79. The zero-order valence-electron chi connectivity index (χ0n) is 17.1. The van der Waals surface area contributed by atoms with Gasteiger partial charge >= 0.3 is 0 Å². The van der Waals surface area contributed by atoms with E-state index in [0.29, 0.717) is 11.3 Å². The van der Waals surface area contributed by atoms with Crippen molar-refractivity contribution in [3.05, 3.63) is 57.4 Å². The van der Waals surface area contributed by atoms with Crippen molar-refractivity contribution in [2.75, 3.05) is 0 Å². The van der Waals surface area contributed by atoms with Crippen molar-refractivity contribution in [1.82, 2.24) is 4.98 Å². The number of fused-ring (bicyclic) bond motifs is 1. The monoisotopic (exact) mass is 367 g/mol. The molecule has 1 aromatic carbocycles. The zero-order chi connectivity index (χ0) is 19.7. The van der Waals surface area contributed by atoms with Crippen LogP contribution in [0, 0.1) is 13.8 Å². The summed E-state index contributed by atoms with van der Waals surface area (Å²) in [4.78, 5) is 28.0. The highest BCUT2D eigenvalue weighted by Crippen LogP contribution is 2.24. The Hall–Kier alpha value is -2.20. The van der Waals surface area contributed by atoms with Gasteiger partial charge in [0.25, 0.3) is 0 Å². The fourth-order valence-corrected chi connectivity index (χ4v) is 4.42. The second-order valence-electron chi connectivity index (χ2n) is 8.05. The number of hydrogen-bond donors (Lipinski definition) is 2. The van der Waals surface area contributed by atoms with Crippen molar-refractivity contribution in [3.63, 3.8) is 0 Å². The predicted molar refractivity (Wildman–Crippen MR) is 107 cm³/mol. The number of aromatic amines is 1. The van der Waals surface area contributed by atoms with Crippen molar-refractivity contribution in [1.29, 1.82) is 0 Å². The highest BCUT2D eigenvalue weighted by Gasteiger charge is 2.27. The fraction of sp³-hybridized carbons (Fsp3) is 0.478. The highest BCUT2D eigenvalue weighted by atomic mass is 16.1. The molecule has 4 heteroatoms. The van der Waals surface area contributed by atoms with Crippen LogP contribution in [0.2, 0.25) is 0 Å². The number of aryl methyl sites for hydroxylation is 3. The van der Waals surface area contributed by atoms with E-state index in [1.807, 2.05) is 20.8 Å². The Morgan fingerprint density at radius 2 is 1.74 bits per heavy atom. The van der Waals surface area contributed by atoms with Gasteiger partial charge in [-0.25, -0.2) is 0 Å². The number of nitrogens with two attached hydrogens (primary N) is 1. The number of H-pyrrole nitrogens is 1. The van der Waals surface area contributed by atoms with E-state index in [-0.39, 0.29) is 23.7 Å². The smallest absolute Gasteiger partial charge is 0.235 e. The van der Waals surface area contributed by atoms with Crippen LogP contribution >= 0.6 is 0 Å². The van der Waals surface area contributed by atoms with Gasteiger partial charge in [0, 0.05) is 16.8 Å². The molecule has 1 aliphatic carbocycles. The molecule has 0 bridgehead atoms. The summed E-state index contributed by atoms with van der Waals surface area (Å²) in [5.41, 5.74) is 6.99. The molecule has 2 aromatic rings. The van der Waals surface area contributed by atoms with Crippen LogP contribution in [0.5, 0.6) is 0 Å². The van der Waals surface area contributed by atoms with Gasteiger partial charge in [-0.3, -0.25) is 9.59 Å². The molecule has 0 saturated carbocycles. The number of aromatic nitrogens is 1. The lowest BCUT2D eigenvalue weighted by Gasteiger charge is -2.20. The number of rotatable bonds is 6. The minimum Gasteiger partial charge on any atom is -0.355 e. The van der Waals surface area contributed by atoms with E-state index >= 15 is 0 Å². The van der Waals surface area contributed by atoms with E-state index in [4.69, 9.17) is 0 Å². The van der Waals surface area contributed by atoms with Crippen LogP contribution in [0.3, 0.4) is 0 Å². The van der Waals surface area contributed by atoms with Crippen LogP contribution in [-0.2, 0) is 12.8 Å². The van der Waals surface area contributed by atoms with Gasteiger partial charge in [-0.1, -0.05) is 12.1 Å². The predicted octanol–water partition coefficient (Wildman–Crippen LogP) is 3.61. The third-order valence-corrected chi connectivity index (χ3v) is 5.93.